The molecule has 0 radical (unpaired) electrons. The number of aromatic nitrogens is 1. The fraction of sp³-hybridized carbons (Fsp3) is 0.500. The highest BCUT2D eigenvalue weighted by Crippen LogP contribution is 2.14. The van der Waals surface area contributed by atoms with Gasteiger partial charge in [0.05, 0.1) is 17.9 Å². The molecule has 1 aliphatic heterocycles. The van der Waals surface area contributed by atoms with E-state index in [2.05, 4.69) is 15.8 Å². The van der Waals surface area contributed by atoms with Crippen LogP contribution in [-0.4, -0.2) is 57.8 Å². The summed E-state index contributed by atoms with van der Waals surface area (Å²) >= 11 is 1.12. The van der Waals surface area contributed by atoms with E-state index >= 15 is 0 Å². The summed E-state index contributed by atoms with van der Waals surface area (Å²) in [6.07, 6.45) is -0.0188. The molecule has 10 heteroatoms. The number of likely N-dealkylation sites (N-methyl/N-ethyl adjacent to an activating group) is 1. The van der Waals surface area contributed by atoms with Crippen molar-refractivity contribution >= 4 is 41.2 Å². The topological polar surface area (TPSA) is 122 Å². The summed E-state index contributed by atoms with van der Waals surface area (Å²) < 4.78 is 4.83. The van der Waals surface area contributed by atoms with E-state index in [0.717, 1.165) is 11.8 Å². The first-order valence-electron chi connectivity index (χ1n) is 7.34. The summed E-state index contributed by atoms with van der Waals surface area (Å²) in [5, 5.41) is 8.37. The number of hydrogen-bond acceptors (Lipinski definition) is 7. The third kappa shape index (κ3) is 4.57. The van der Waals surface area contributed by atoms with Gasteiger partial charge in [0.15, 0.2) is 5.82 Å². The maximum absolute atomic E-state index is 12.2. The molecule has 1 atom stereocenters. The Bertz CT molecular complexity index is 659. The lowest BCUT2D eigenvalue weighted by atomic mass is 10.2. The van der Waals surface area contributed by atoms with E-state index in [1.54, 1.807) is 19.9 Å². The van der Waals surface area contributed by atoms with Gasteiger partial charge >= 0.3 is 0 Å². The average molecular weight is 354 g/mol. The number of carbonyl (C=O) groups is 4. The molecule has 0 spiro atoms. The van der Waals surface area contributed by atoms with Gasteiger partial charge in [-0.25, -0.2) is 0 Å². The number of imide groups is 1. The summed E-state index contributed by atoms with van der Waals surface area (Å²) in [6, 6.07) is 0.824. The molecule has 1 fully saturated rings. The SMILES string of the molecule is CCN(C(=O)CSCC(=O)Nc1cc(C)on1)C1CC(=O)NC1=O. The Kier molecular flexibility index (Phi) is 5.96. The highest BCUT2D eigenvalue weighted by molar-refractivity contribution is 8.00. The minimum Gasteiger partial charge on any atom is -0.360 e. The monoisotopic (exact) mass is 354 g/mol. The van der Waals surface area contributed by atoms with Crippen molar-refractivity contribution in [3.63, 3.8) is 0 Å². The van der Waals surface area contributed by atoms with Crippen molar-refractivity contribution < 1.29 is 23.7 Å². The first kappa shape index (κ1) is 18.0. The molecule has 1 aliphatic rings. The molecular weight excluding hydrogens is 336 g/mol. The first-order chi connectivity index (χ1) is 11.4. The lowest BCUT2D eigenvalue weighted by Gasteiger charge is -2.25. The first-order valence-corrected chi connectivity index (χ1v) is 8.50. The normalized spacial score (nSPS) is 16.8. The molecule has 0 bridgehead atoms. The predicted octanol–water partition coefficient (Wildman–Crippen LogP) is -0.0817. The Hall–Kier alpha value is -2.36. The number of amides is 4. The van der Waals surface area contributed by atoms with Crippen LogP contribution in [0.5, 0.6) is 0 Å². The fourth-order valence-corrected chi connectivity index (χ4v) is 2.98. The van der Waals surface area contributed by atoms with E-state index < -0.39 is 11.9 Å². The van der Waals surface area contributed by atoms with Gasteiger partial charge in [0.2, 0.25) is 23.6 Å². The molecule has 9 nitrogen and oxygen atoms in total. The van der Waals surface area contributed by atoms with E-state index in [4.69, 9.17) is 4.52 Å². The molecule has 0 aromatic carbocycles. The van der Waals surface area contributed by atoms with Gasteiger partial charge in [-0.05, 0) is 13.8 Å². The quantitative estimate of drug-likeness (QED) is 0.657. The van der Waals surface area contributed by atoms with Crippen LogP contribution in [0.4, 0.5) is 5.82 Å². The van der Waals surface area contributed by atoms with Crippen molar-refractivity contribution in [1.82, 2.24) is 15.4 Å². The van der Waals surface area contributed by atoms with Crippen molar-refractivity contribution in [1.29, 1.82) is 0 Å². The van der Waals surface area contributed by atoms with Gasteiger partial charge in [0.1, 0.15) is 11.8 Å². The number of carbonyl (C=O) groups excluding carboxylic acids is 4. The summed E-state index contributed by atoms with van der Waals surface area (Å²) in [6.45, 7) is 3.76. The summed E-state index contributed by atoms with van der Waals surface area (Å²) in [4.78, 5) is 48.2. The van der Waals surface area contributed by atoms with Crippen LogP contribution in [0.15, 0.2) is 10.6 Å². The molecule has 0 aliphatic carbocycles. The second kappa shape index (κ2) is 7.95. The lowest BCUT2D eigenvalue weighted by Crippen LogP contribution is -2.45. The summed E-state index contributed by atoms with van der Waals surface area (Å²) in [5.74, 6) is -0.440. The zero-order valence-electron chi connectivity index (χ0n) is 13.3. The van der Waals surface area contributed by atoms with Gasteiger partial charge in [-0.3, -0.25) is 24.5 Å². The van der Waals surface area contributed by atoms with Crippen LogP contribution < -0.4 is 10.6 Å². The summed E-state index contributed by atoms with van der Waals surface area (Å²) in [7, 11) is 0. The second-order valence-electron chi connectivity index (χ2n) is 5.18. The number of nitrogens with zero attached hydrogens (tertiary/aromatic N) is 2. The Morgan fingerprint density at radius 2 is 2.21 bits per heavy atom. The molecule has 24 heavy (non-hydrogen) atoms. The van der Waals surface area contributed by atoms with Crippen molar-refractivity contribution in [2.75, 3.05) is 23.4 Å². The Morgan fingerprint density at radius 3 is 2.75 bits per heavy atom. The molecule has 130 valence electrons. The van der Waals surface area contributed by atoms with Crippen molar-refractivity contribution in [3.05, 3.63) is 11.8 Å². The van der Waals surface area contributed by atoms with E-state index in [0.29, 0.717) is 18.1 Å². The molecule has 2 rings (SSSR count). The third-order valence-corrected chi connectivity index (χ3v) is 4.25. The Balaban J connectivity index is 1.78. The molecule has 2 N–H and O–H groups in total. The zero-order chi connectivity index (χ0) is 17.7. The highest BCUT2D eigenvalue weighted by Gasteiger charge is 2.36. The smallest absolute Gasteiger partial charge is 0.249 e. The predicted molar refractivity (Wildman–Crippen MR) is 86.1 cm³/mol. The zero-order valence-corrected chi connectivity index (χ0v) is 14.1. The molecule has 0 saturated carbocycles. The van der Waals surface area contributed by atoms with Gasteiger partial charge in [0.25, 0.3) is 0 Å². The second-order valence-corrected chi connectivity index (χ2v) is 6.16. The van der Waals surface area contributed by atoms with Crippen molar-refractivity contribution in [2.45, 2.75) is 26.3 Å². The number of thioether (sulfide) groups is 1. The Labute approximate surface area is 142 Å². The molecule has 1 saturated heterocycles. The van der Waals surface area contributed by atoms with Crippen LogP contribution in [0, 0.1) is 6.92 Å². The van der Waals surface area contributed by atoms with Crippen LogP contribution in [0.1, 0.15) is 19.1 Å². The van der Waals surface area contributed by atoms with Crippen LogP contribution >= 0.6 is 11.8 Å². The molecule has 2 heterocycles. The van der Waals surface area contributed by atoms with Crippen LogP contribution in [0.3, 0.4) is 0 Å². The van der Waals surface area contributed by atoms with Crippen LogP contribution in [-0.2, 0) is 19.2 Å². The molecule has 1 aromatic heterocycles. The summed E-state index contributed by atoms with van der Waals surface area (Å²) in [5.41, 5.74) is 0. The van der Waals surface area contributed by atoms with Gasteiger partial charge in [-0.1, -0.05) is 5.16 Å². The van der Waals surface area contributed by atoms with E-state index in [1.807, 2.05) is 0 Å². The number of rotatable bonds is 7. The Morgan fingerprint density at radius 1 is 1.46 bits per heavy atom. The maximum Gasteiger partial charge on any atom is 0.249 e. The van der Waals surface area contributed by atoms with Crippen LogP contribution in [0.25, 0.3) is 0 Å². The largest absolute Gasteiger partial charge is 0.360 e. The molecule has 1 aromatic rings. The van der Waals surface area contributed by atoms with E-state index in [1.165, 1.54) is 4.90 Å². The van der Waals surface area contributed by atoms with Gasteiger partial charge in [-0.15, -0.1) is 11.8 Å². The standard InChI is InChI=1S/C14H18N4O5S/c1-3-18(9-5-11(19)16-14(9)22)13(21)7-24-6-12(20)15-10-4-8(2)23-17-10/h4,9H,3,5-7H2,1-2H3,(H,15,17,20)(H,16,19,22). The fourth-order valence-electron chi connectivity index (χ4n) is 2.28. The van der Waals surface area contributed by atoms with Crippen molar-refractivity contribution in [2.24, 2.45) is 0 Å². The number of anilines is 1. The van der Waals surface area contributed by atoms with Gasteiger partial charge in [0, 0.05) is 12.6 Å². The van der Waals surface area contributed by atoms with E-state index in [-0.39, 0.29) is 35.6 Å². The molecule has 4 amide bonds. The van der Waals surface area contributed by atoms with Gasteiger partial charge < -0.3 is 14.7 Å². The average Bonchev–Trinajstić information content (AvgIpc) is 3.05. The number of nitrogens with one attached hydrogen (secondary N) is 2. The minimum absolute atomic E-state index is 0.0188. The van der Waals surface area contributed by atoms with Gasteiger partial charge in [-0.2, -0.15) is 0 Å². The minimum atomic E-state index is -0.762. The number of hydrogen-bond donors (Lipinski definition) is 2. The van der Waals surface area contributed by atoms with E-state index in [9.17, 15) is 19.2 Å². The van der Waals surface area contributed by atoms with Crippen molar-refractivity contribution in [3.8, 4) is 0 Å². The molecule has 1 unspecified atom stereocenters. The van der Waals surface area contributed by atoms with Crippen LogP contribution in [0.2, 0.25) is 0 Å². The third-order valence-electron chi connectivity index (χ3n) is 3.34. The molecular formula is C14H18N4O5S. The number of aryl methyl sites for hydroxylation is 1. The highest BCUT2D eigenvalue weighted by atomic mass is 32.2. The maximum atomic E-state index is 12.2. The lowest BCUT2D eigenvalue weighted by molar-refractivity contribution is -0.136.